The number of nitrogens with one attached hydrogen (secondary N) is 1. The zero-order chi connectivity index (χ0) is 21.6. The van der Waals surface area contributed by atoms with Crippen LogP contribution in [0.2, 0.25) is 0 Å². The number of hydrogen-bond acceptors (Lipinski definition) is 4. The fraction of sp³-hybridized carbons (Fsp3) is 0.235. The zero-order valence-corrected chi connectivity index (χ0v) is 15.6. The fourth-order valence-corrected chi connectivity index (χ4v) is 3.35. The number of thiazole rings is 1. The molecule has 1 amide bonds. The molecule has 2 aromatic heterocycles. The summed E-state index contributed by atoms with van der Waals surface area (Å²) in [6.45, 7) is 3.40. The summed E-state index contributed by atoms with van der Waals surface area (Å²) in [6, 6.07) is 4.74. The van der Waals surface area contributed by atoms with Gasteiger partial charge in [0.1, 0.15) is 10.6 Å². The molecule has 0 saturated carbocycles. The lowest BCUT2D eigenvalue weighted by Gasteiger charge is -2.11. The third kappa shape index (κ3) is 4.42. The van der Waals surface area contributed by atoms with Crippen molar-refractivity contribution in [1.29, 1.82) is 0 Å². The van der Waals surface area contributed by atoms with Gasteiger partial charge >= 0.3 is 12.4 Å². The number of nitrogens with zero attached hydrogens (tertiary/aromatic N) is 3. The van der Waals surface area contributed by atoms with Crippen LogP contribution < -0.4 is 5.32 Å². The minimum absolute atomic E-state index is 0.0510. The minimum atomic E-state index is -5.04. The Labute approximate surface area is 164 Å². The van der Waals surface area contributed by atoms with Crippen LogP contribution in [-0.2, 0) is 12.4 Å². The van der Waals surface area contributed by atoms with Crippen molar-refractivity contribution in [2.24, 2.45) is 0 Å². The predicted octanol–water partition coefficient (Wildman–Crippen LogP) is 5.24. The van der Waals surface area contributed by atoms with E-state index in [1.165, 1.54) is 23.5 Å². The largest absolute Gasteiger partial charge is 0.435 e. The van der Waals surface area contributed by atoms with Crippen LogP contribution in [0.5, 0.6) is 0 Å². The van der Waals surface area contributed by atoms with E-state index in [2.05, 4.69) is 15.4 Å². The van der Waals surface area contributed by atoms with E-state index in [4.69, 9.17) is 0 Å². The SMILES string of the molecule is Cc1nc(C)c(C(=O)Nc2ccc(-n3nc(C(F)(F)F)cc3C(F)(F)F)cc2)s1. The summed E-state index contributed by atoms with van der Waals surface area (Å²) in [5.41, 5.74) is -2.67. The first-order valence-electron chi connectivity index (χ1n) is 7.96. The van der Waals surface area contributed by atoms with Crippen molar-refractivity contribution in [2.75, 3.05) is 5.32 Å². The normalized spacial score (nSPS) is 12.3. The Morgan fingerprint density at radius 3 is 2.14 bits per heavy atom. The molecule has 1 aromatic carbocycles. The summed E-state index contributed by atoms with van der Waals surface area (Å²) in [7, 11) is 0. The van der Waals surface area contributed by atoms with Crippen LogP contribution in [0.1, 0.15) is 31.8 Å². The van der Waals surface area contributed by atoms with Crippen molar-refractivity contribution in [1.82, 2.24) is 14.8 Å². The zero-order valence-electron chi connectivity index (χ0n) is 14.8. The maximum atomic E-state index is 13.1. The Kier molecular flexibility index (Phi) is 5.15. The molecule has 0 aliphatic carbocycles. The lowest BCUT2D eigenvalue weighted by Crippen LogP contribution is -2.14. The van der Waals surface area contributed by atoms with E-state index in [0.717, 1.165) is 12.1 Å². The molecule has 0 unspecified atom stereocenters. The molecule has 0 bridgehead atoms. The van der Waals surface area contributed by atoms with Crippen LogP contribution in [0.4, 0.5) is 32.0 Å². The van der Waals surface area contributed by atoms with Gasteiger partial charge in [-0.25, -0.2) is 9.67 Å². The Morgan fingerprint density at radius 2 is 1.66 bits per heavy atom. The van der Waals surface area contributed by atoms with Gasteiger partial charge in [-0.05, 0) is 38.1 Å². The maximum Gasteiger partial charge on any atom is 0.435 e. The number of amides is 1. The summed E-state index contributed by atoms with van der Waals surface area (Å²) in [4.78, 5) is 16.8. The van der Waals surface area contributed by atoms with Gasteiger partial charge in [0.15, 0.2) is 5.69 Å². The molecular weight excluding hydrogens is 422 g/mol. The van der Waals surface area contributed by atoms with Crippen molar-refractivity contribution in [3.05, 3.63) is 57.3 Å². The fourth-order valence-electron chi connectivity index (χ4n) is 2.53. The Morgan fingerprint density at radius 1 is 1.03 bits per heavy atom. The van der Waals surface area contributed by atoms with Crippen molar-refractivity contribution < 1.29 is 31.1 Å². The first kappa shape index (κ1) is 20.8. The highest BCUT2D eigenvalue weighted by atomic mass is 32.1. The topological polar surface area (TPSA) is 59.8 Å². The van der Waals surface area contributed by atoms with Gasteiger partial charge in [-0.1, -0.05) is 0 Å². The number of benzene rings is 1. The van der Waals surface area contributed by atoms with Crippen LogP contribution >= 0.6 is 11.3 Å². The predicted molar refractivity (Wildman–Crippen MR) is 93.1 cm³/mol. The second kappa shape index (κ2) is 7.17. The number of rotatable bonds is 3. The lowest BCUT2D eigenvalue weighted by atomic mass is 10.2. The number of anilines is 1. The van der Waals surface area contributed by atoms with Gasteiger partial charge in [-0.2, -0.15) is 31.4 Å². The summed E-state index contributed by atoms with van der Waals surface area (Å²) in [6.07, 6.45) is -10.1. The molecule has 0 saturated heterocycles. The molecule has 2 heterocycles. The molecule has 12 heteroatoms. The van der Waals surface area contributed by atoms with Crippen LogP contribution in [0.15, 0.2) is 30.3 Å². The van der Waals surface area contributed by atoms with E-state index < -0.39 is 29.6 Å². The molecule has 0 aliphatic heterocycles. The summed E-state index contributed by atoms with van der Waals surface area (Å²) in [5, 5.41) is 6.31. The van der Waals surface area contributed by atoms with Crippen LogP contribution in [-0.4, -0.2) is 20.7 Å². The number of alkyl halides is 6. The summed E-state index contributed by atoms with van der Waals surface area (Å²) in [5.74, 6) is -0.449. The molecule has 0 radical (unpaired) electrons. The standard InChI is InChI=1S/C17H12F6N4OS/c1-8-14(29-9(2)24-8)15(28)25-10-3-5-11(6-4-10)27-13(17(21,22)23)7-12(26-27)16(18,19)20/h3-7H,1-2H3,(H,25,28). The van der Waals surface area contributed by atoms with Gasteiger partial charge in [-0.15, -0.1) is 11.3 Å². The van der Waals surface area contributed by atoms with Crippen molar-refractivity contribution >= 4 is 22.9 Å². The van der Waals surface area contributed by atoms with Gasteiger partial charge in [0.05, 0.1) is 16.4 Å². The average molecular weight is 434 g/mol. The quantitative estimate of drug-likeness (QED) is 0.574. The van der Waals surface area contributed by atoms with E-state index in [9.17, 15) is 31.1 Å². The van der Waals surface area contributed by atoms with Crippen molar-refractivity contribution in [2.45, 2.75) is 26.2 Å². The number of halogens is 6. The maximum absolute atomic E-state index is 13.1. The third-order valence-corrected chi connectivity index (χ3v) is 4.84. The average Bonchev–Trinajstić information content (AvgIpc) is 3.18. The molecular formula is C17H12F6N4OS. The number of carbonyl (C=O) groups is 1. The number of carbonyl (C=O) groups excluding carboxylic acids is 1. The molecule has 154 valence electrons. The summed E-state index contributed by atoms with van der Waals surface area (Å²) >= 11 is 1.18. The van der Waals surface area contributed by atoms with E-state index in [1.54, 1.807) is 13.8 Å². The first-order chi connectivity index (χ1) is 13.4. The Balaban J connectivity index is 1.89. The van der Waals surface area contributed by atoms with Gasteiger partial charge in [-0.3, -0.25) is 4.79 Å². The number of hydrogen-bond donors (Lipinski definition) is 1. The molecule has 5 nitrogen and oxygen atoms in total. The minimum Gasteiger partial charge on any atom is -0.321 e. The van der Waals surface area contributed by atoms with E-state index >= 15 is 0 Å². The second-order valence-electron chi connectivity index (χ2n) is 5.97. The highest BCUT2D eigenvalue weighted by Crippen LogP contribution is 2.36. The molecule has 0 fully saturated rings. The Hall–Kier alpha value is -2.89. The molecule has 1 N–H and O–H groups in total. The molecule has 3 rings (SSSR count). The third-order valence-electron chi connectivity index (χ3n) is 3.77. The van der Waals surface area contributed by atoms with E-state index in [-0.39, 0.29) is 22.1 Å². The molecule has 29 heavy (non-hydrogen) atoms. The van der Waals surface area contributed by atoms with Gasteiger partial charge < -0.3 is 5.32 Å². The lowest BCUT2D eigenvalue weighted by molar-refractivity contribution is -0.143. The van der Waals surface area contributed by atoms with Crippen LogP contribution in [0, 0.1) is 13.8 Å². The number of aryl methyl sites for hydroxylation is 2. The Bertz CT molecular complexity index is 1050. The van der Waals surface area contributed by atoms with E-state index in [1.807, 2.05) is 0 Å². The van der Waals surface area contributed by atoms with Gasteiger partial charge in [0, 0.05) is 11.8 Å². The molecule has 0 aliphatic rings. The van der Waals surface area contributed by atoms with Gasteiger partial charge in [0.2, 0.25) is 0 Å². The van der Waals surface area contributed by atoms with Crippen LogP contribution in [0.25, 0.3) is 5.69 Å². The highest BCUT2D eigenvalue weighted by molar-refractivity contribution is 7.13. The van der Waals surface area contributed by atoms with Crippen molar-refractivity contribution in [3.8, 4) is 5.69 Å². The number of aromatic nitrogens is 3. The van der Waals surface area contributed by atoms with Gasteiger partial charge in [0.25, 0.3) is 5.91 Å². The molecule has 0 spiro atoms. The summed E-state index contributed by atoms with van der Waals surface area (Å²) < 4.78 is 77.9. The molecule has 3 aromatic rings. The monoisotopic (exact) mass is 434 g/mol. The first-order valence-corrected chi connectivity index (χ1v) is 8.78. The molecule has 0 atom stereocenters. The second-order valence-corrected chi connectivity index (χ2v) is 7.17. The van der Waals surface area contributed by atoms with Crippen molar-refractivity contribution in [3.63, 3.8) is 0 Å². The smallest absolute Gasteiger partial charge is 0.321 e. The van der Waals surface area contributed by atoms with Crippen LogP contribution in [0.3, 0.4) is 0 Å². The van der Waals surface area contributed by atoms with E-state index in [0.29, 0.717) is 15.6 Å². The highest BCUT2D eigenvalue weighted by Gasteiger charge is 2.42.